The fraction of sp³-hybridized carbons (Fsp3) is 0.0870. The highest BCUT2D eigenvalue weighted by Gasteiger charge is 2.19. The first-order valence-electron chi connectivity index (χ1n) is 8.25. The Balaban J connectivity index is 2.22. The van der Waals surface area contributed by atoms with Crippen LogP contribution in [0.4, 0.5) is 0 Å². The molecule has 0 fully saturated rings. The molecule has 0 saturated carbocycles. The van der Waals surface area contributed by atoms with Crippen LogP contribution >= 0.6 is 0 Å². The van der Waals surface area contributed by atoms with Crippen LogP contribution in [0.25, 0.3) is 11.1 Å². The van der Waals surface area contributed by atoms with Crippen molar-refractivity contribution in [1.29, 1.82) is 0 Å². The van der Waals surface area contributed by atoms with E-state index in [0.717, 1.165) is 34.3 Å². The average Bonchev–Trinajstić information content (AvgIpc) is 2.67. The van der Waals surface area contributed by atoms with Crippen molar-refractivity contribution >= 4 is 16.9 Å². The number of allylic oxidation sites excluding steroid dienone is 2. The van der Waals surface area contributed by atoms with E-state index in [1.165, 1.54) is 0 Å². The fourth-order valence-electron chi connectivity index (χ4n) is 2.95. The highest BCUT2D eigenvalue weighted by atomic mass is 16.1. The lowest BCUT2D eigenvalue weighted by molar-refractivity contribution is 0.105. The summed E-state index contributed by atoms with van der Waals surface area (Å²) in [7, 11) is 0. The van der Waals surface area contributed by atoms with Gasteiger partial charge in [0.25, 0.3) is 0 Å². The van der Waals surface area contributed by atoms with Crippen LogP contribution in [0.5, 0.6) is 0 Å². The van der Waals surface area contributed by atoms with Crippen LogP contribution in [-0.4, -0.2) is 5.78 Å². The molecule has 0 heterocycles. The number of ketones is 1. The standard InChI is InChI=1S/C23H20O/c1-2-21(18-12-6-3-7-13-18)22(19-14-8-4-9-15-19)23(24)20-16-10-5-11-17-20/h3-17H,2H2,1H3/b22-21+. The third-order valence-corrected chi connectivity index (χ3v) is 4.10. The molecule has 24 heavy (non-hydrogen) atoms. The highest BCUT2D eigenvalue weighted by Crippen LogP contribution is 2.31. The van der Waals surface area contributed by atoms with Gasteiger partial charge in [0.2, 0.25) is 0 Å². The number of benzene rings is 3. The van der Waals surface area contributed by atoms with Gasteiger partial charge in [-0.05, 0) is 23.1 Å². The lowest BCUT2D eigenvalue weighted by Gasteiger charge is -2.15. The molecule has 1 heteroatoms. The molecule has 1 nitrogen and oxygen atoms in total. The molecule has 0 aliphatic carbocycles. The first-order valence-corrected chi connectivity index (χ1v) is 8.25. The molecule has 0 bridgehead atoms. The van der Waals surface area contributed by atoms with E-state index in [1.807, 2.05) is 78.9 Å². The number of carbonyl (C=O) groups excluding carboxylic acids is 1. The fourth-order valence-corrected chi connectivity index (χ4v) is 2.95. The van der Waals surface area contributed by atoms with Crippen molar-refractivity contribution in [1.82, 2.24) is 0 Å². The Morgan fingerprint density at radius 3 is 1.50 bits per heavy atom. The Hall–Kier alpha value is -2.93. The maximum Gasteiger partial charge on any atom is 0.193 e. The molecule has 0 aromatic heterocycles. The van der Waals surface area contributed by atoms with E-state index in [9.17, 15) is 4.79 Å². The smallest absolute Gasteiger partial charge is 0.193 e. The Kier molecular flexibility index (Phi) is 5.02. The van der Waals surface area contributed by atoms with E-state index in [2.05, 4.69) is 19.1 Å². The molecule has 0 radical (unpaired) electrons. The molecule has 0 N–H and O–H groups in total. The second kappa shape index (κ2) is 7.56. The van der Waals surface area contributed by atoms with Crippen LogP contribution < -0.4 is 0 Å². The third-order valence-electron chi connectivity index (χ3n) is 4.10. The molecule has 0 aliphatic heterocycles. The van der Waals surface area contributed by atoms with Gasteiger partial charge in [0, 0.05) is 11.1 Å². The topological polar surface area (TPSA) is 17.1 Å². The number of hydrogen-bond donors (Lipinski definition) is 0. The van der Waals surface area contributed by atoms with E-state index in [-0.39, 0.29) is 5.78 Å². The maximum absolute atomic E-state index is 13.3. The Labute approximate surface area is 143 Å². The molecule has 3 aromatic carbocycles. The molecule has 3 aromatic rings. The van der Waals surface area contributed by atoms with Crippen molar-refractivity contribution in [2.75, 3.05) is 0 Å². The zero-order valence-electron chi connectivity index (χ0n) is 13.8. The third kappa shape index (κ3) is 3.36. The minimum absolute atomic E-state index is 0.0718. The highest BCUT2D eigenvalue weighted by molar-refractivity contribution is 6.34. The van der Waals surface area contributed by atoms with Crippen molar-refractivity contribution in [3.63, 3.8) is 0 Å². The number of Topliss-reactive ketones (excluding diaryl/α,β-unsaturated/α-hetero) is 1. The largest absolute Gasteiger partial charge is 0.289 e. The number of carbonyl (C=O) groups is 1. The summed E-state index contributed by atoms with van der Waals surface area (Å²) in [5, 5.41) is 0. The maximum atomic E-state index is 13.3. The van der Waals surface area contributed by atoms with Gasteiger partial charge in [-0.3, -0.25) is 4.79 Å². The van der Waals surface area contributed by atoms with Crippen molar-refractivity contribution < 1.29 is 4.79 Å². The summed E-state index contributed by atoms with van der Waals surface area (Å²) in [4.78, 5) is 13.3. The van der Waals surface area contributed by atoms with Gasteiger partial charge in [-0.2, -0.15) is 0 Å². The summed E-state index contributed by atoms with van der Waals surface area (Å²) >= 11 is 0. The van der Waals surface area contributed by atoms with Gasteiger partial charge >= 0.3 is 0 Å². The van der Waals surface area contributed by atoms with Crippen molar-refractivity contribution in [3.05, 3.63) is 108 Å². The molecule has 0 aliphatic rings. The van der Waals surface area contributed by atoms with Crippen molar-refractivity contribution in [3.8, 4) is 0 Å². The van der Waals surface area contributed by atoms with Crippen LogP contribution in [0.15, 0.2) is 91.0 Å². The zero-order chi connectivity index (χ0) is 16.8. The van der Waals surface area contributed by atoms with E-state index in [0.29, 0.717) is 0 Å². The summed E-state index contributed by atoms with van der Waals surface area (Å²) in [6, 6.07) is 29.6. The zero-order valence-corrected chi connectivity index (χ0v) is 13.8. The minimum atomic E-state index is 0.0718. The first-order chi connectivity index (χ1) is 11.8. The van der Waals surface area contributed by atoms with Crippen molar-refractivity contribution in [2.45, 2.75) is 13.3 Å². The number of rotatable bonds is 5. The average molecular weight is 312 g/mol. The summed E-state index contributed by atoms with van der Waals surface area (Å²) in [6.45, 7) is 2.10. The monoisotopic (exact) mass is 312 g/mol. The summed E-state index contributed by atoms with van der Waals surface area (Å²) < 4.78 is 0. The minimum Gasteiger partial charge on any atom is -0.289 e. The molecule has 3 rings (SSSR count). The van der Waals surface area contributed by atoms with Crippen LogP contribution in [0.2, 0.25) is 0 Å². The molecule has 0 unspecified atom stereocenters. The first kappa shape index (κ1) is 15.9. The van der Waals surface area contributed by atoms with Gasteiger partial charge < -0.3 is 0 Å². The lowest BCUT2D eigenvalue weighted by atomic mass is 9.88. The quantitative estimate of drug-likeness (QED) is 0.326. The van der Waals surface area contributed by atoms with E-state index < -0.39 is 0 Å². The number of hydrogen-bond acceptors (Lipinski definition) is 1. The van der Waals surface area contributed by atoms with Crippen LogP contribution in [0.3, 0.4) is 0 Å². The van der Waals surface area contributed by atoms with Gasteiger partial charge in [0.05, 0.1) is 0 Å². The molecular formula is C23H20O. The summed E-state index contributed by atoms with van der Waals surface area (Å²) in [6.07, 6.45) is 0.798. The molecule has 0 saturated heterocycles. The Morgan fingerprint density at radius 2 is 1.04 bits per heavy atom. The summed E-state index contributed by atoms with van der Waals surface area (Å²) in [5.41, 5.74) is 4.65. The van der Waals surface area contributed by atoms with E-state index >= 15 is 0 Å². The molecular weight excluding hydrogens is 292 g/mol. The molecule has 0 amide bonds. The van der Waals surface area contributed by atoms with E-state index in [1.54, 1.807) is 0 Å². The van der Waals surface area contributed by atoms with Crippen molar-refractivity contribution in [2.24, 2.45) is 0 Å². The Morgan fingerprint density at radius 1 is 0.625 bits per heavy atom. The summed E-state index contributed by atoms with van der Waals surface area (Å²) in [5.74, 6) is 0.0718. The predicted octanol–water partition coefficient (Wildman–Crippen LogP) is 5.89. The van der Waals surface area contributed by atoms with Crippen LogP contribution in [0.1, 0.15) is 34.8 Å². The SMILES string of the molecule is CC/C(=C(\C(=O)c1ccccc1)c1ccccc1)c1ccccc1. The lowest BCUT2D eigenvalue weighted by Crippen LogP contribution is -2.06. The van der Waals surface area contributed by atoms with Gasteiger partial charge in [0.15, 0.2) is 5.78 Å². The molecule has 0 spiro atoms. The molecule has 118 valence electrons. The van der Waals surface area contributed by atoms with Gasteiger partial charge in [0.1, 0.15) is 0 Å². The van der Waals surface area contributed by atoms with Gasteiger partial charge in [-0.25, -0.2) is 0 Å². The second-order valence-electron chi connectivity index (χ2n) is 5.63. The van der Waals surface area contributed by atoms with Crippen LogP contribution in [0, 0.1) is 0 Å². The second-order valence-corrected chi connectivity index (χ2v) is 5.63. The Bertz CT molecular complexity index is 831. The van der Waals surface area contributed by atoms with Gasteiger partial charge in [-0.15, -0.1) is 0 Å². The molecule has 0 atom stereocenters. The predicted molar refractivity (Wildman–Crippen MR) is 101 cm³/mol. The van der Waals surface area contributed by atoms with Gasteiger partial charge in [-0.1, -0.05) is 97.9 Å². The van der Waals surface area contributed by atoms with Crippen LogP contribution in [-0.2, 0) is 0 Å². The van der Waals surface area contributed by atoms with E-state index in [4.69, 9.17) is 0 Å². The normalized spacial score (nSPS) is 11.7.